The van der Waals surface area contributed by atoms with Crippen LogP contribution in [0.2, 0.25) is 0 Å². The zero-order valence-corrected chi connectivity index (χ0v) is 20.6. The summed E-state index contributed by atoms with van der Waals surface area (Å²) in [6.07, 6.45) is 4.38. The van der Waals surface area contributed by atoms with Crippen molar-refractivity contribution in [1.82, 2.24) is 15.1 Å². The molecule has 0 radical (unpaired) electrons. The van der Waals surface area contributed by atoms with Crippen molar-refractivity contribution in [3.63, 3.8) is 0 Å². The SMILES string of the molecule is COCCCC(C(=O)Nc1cc(F)c(-c2cn[nH]c2)cc1OCCN(C)C)c1cccc(OC)c1. The first-order valence-corrected chi connectivity index (χ1v) is 11.5. The van der Waals surface area contributed by atoms with E-state index in [0.29, 0.717) is 55.2 Å². The lowest BCUT2D eigenvalue weighted by Crippen LogP contribution is -2.23. The molecule has 35 heavy (non-hydrogen) atoms. The highest BCUT2D eigenvalue weighted by Gasteiger charge is 2.23. The number of aromatic amines is 1. The van der Waals surface area contributed by atoms with Gasteiger partial charge in [-0.25, -0.2) is 4.39 Å². The van der Waals surface area contributed by atoms with Gasteiger partial charge in [0.25, 0.3) is 0 Å². The monoisotopic (exact) mass is 484 g/mol. The van der Waals surface area contributed by atoms with Crippen LogP contribution in [-0.4, -0.2) is 69.1 Å². The highest BCUT2D eigenvalue weighted by molar-refractivity contribution is 5.97. The van der Waals surface area contributed by atoms with E-state index >= 15 is 4.39 Å². The van der Waals surface area contributed by atoms with E-state index in [-0.39, 0.29) is 11.6 Å². The van der Waals surface area contributed by atoms with Gasteiger partial charge in [0.05, 0.1) is 24.9 Å². The average Bonchev–Trinajstić information content (AvgIpc) is 3.37. The molecule has 2 aromatic carbocycles. The van der Waals surface area contributed by atoms with Gasteiger partial charge in [-0.15, -0.1) is 0 Å². The fraction of sp³-hybridized carbons (Fsp3) is 0.385. The summed E-state index contributed by atoms with van der Waals surface area (Å²) in [5, 5.41) is 9.50. The maximum Gasteiger partial charge on any atom is 0.232 e. The fourth-order valence-corrected chi connectivity index (χ4v) is 3.69. The molecule has 0 aliphatic heterocycles. The van der Waals surface area contributed by atoms with Gasteiger partial charge < -0.3 is 24.4 Å². The number of nitrogens with zero attached hydrogens (tertiary/aromatic N) is 2. The number of hydrogen-bond acceptors (Lipinski definition) is 6. The molecule has 0 aliphatic carbocycles. The second-order valence-corrected chi connectivity index (χ2v) is 8.42. The van der Waals surface area contributed by atoms with Crippen LogP contribution in [0.1, 0.15) is 24.3 Å². The number of nitrogens with one attached hydrogen (secondary N) is 2. The maximum atomic E-state index is 15.1. The number of likely N-dealkylation sites (N-methyl/N-ethyl adjacent to an activating group) is 1. The first-order chi connectivity index (χ1) is 16.9. The lowest BCUT2D eigenvalue weighted by molar-refractivity contribution is -0.117. The molecule has 1 aromatic heterocycles. The average molecular weight is 485 g/mol. The van der Waals surface area contributed by atoms with Crippen molar-refractivity contribution in [3.05, 3.63) is 60.2 Å². The van der Waals surface area contributed by atoms with Gasteiger partial charge in [0.15, 0.2) is 0 Å². The smallest absolute Gasteiger partial charge is 0.232 e. The van der Waals surface area contributed by atoms with E-state index < -0.39 is 11.7 Å². The fourth-order valence-electron chi connectivity index (χ4n) is 3.69. The third-order valence-corrected chi connectivity index (χ3v) is 5.59. The molecule has 3 aromatic rings. The Labute approximate surface area is 205 Å². The normalized spacial score (nSPS) is 11.9. The van der Waals surface area contributed by atoms with Crippen LogP contribution < -0.4 is 14.8 Å². The van der Waals surface area contributed by atoms with Crippen LogP contribution in [-0.2, 0) is 9.53 Å². The van der Waals surface area contributed by atoms with Crippen LogP contribution in [0.15, 0.2) is 48.8 Å². The lowest BCUT2D eigenvalue weighted by Gasteiger charge is -2.20. The summed E-state index contributed by atoms with van der Waals surface area (Å²) in [5.41, 5.74) is 2.01. The van der Waals surface area contributed by atoms with Crippen molar-refractivity contribution >= 4 is 11.6 Å². The third-order valence-electron chi connectivity index (χ3n) is 5.59. The first-order valence-electron chi connectivity index (χ1n) is 11.5. The van der Waals surface area contributed by atoms with Crippen LogP contribution in [0.25, 0.3) is 11.1 Å². The van der Waals surface area contributed by atoms with Gasteiger partial charge in [-0.1, -0.05) is 12.1 Å². The largest absolute Gasteiger partial charge is 0.497 e. The third kappa shape index (κ3) is 7.27. The Hall–Kier alpha value is -3.43. The minimum Gasteiger partial charge on any atom is -0.497 e. The van der Waals surface area contributed by atoms with E-state index in [1.807, 2.05) is 43.3 Å². The topological polar surface area (TPSA) is 88.7 Å². The first kappa shape index (κ1) is 26.2. The van der Waals surface area contributed by atoms with Crippen molar-refractivity contribution in [2.45, 2.75) is 18.8 Å². The van der Waals surface area contributed by atoms with Crippen molar-refractivity contribution in [3.8, 4) is 22.6 Å². The van der Waals surface area contributed by atoms with Gasteiger partial charge >= 0.3 is 0 Å². The molecular weight excluding hydrogens is 451 g/mol. The molecule has 1 heterocycles. The highest BCUT2D eigenvalue weighted by Crippen LogP contribution is 2.35. The molecule has 1 unspecified atom stereocenters. The molecule has 0 spiro atoms. The molecule has 188 valence electrons. The summed E-state index contributed by atoms with van der Waals surface area (Å²) < 4.78 is 31.6. The number of hydrogen-bond donors (Lipinski definition) is 2. The Kier molecular flexibility index (Phi) is 9.63. The van der Waals surface area contributed by atoms with Gasteiger partial charge in [0, 0.05) is 43.7 Å². The Balaban J connectivity index is 1.91. The van der Waals surface area contributed by atoms with Crippen molar-refractivity contribution in [1.29, 1.82) is 0 Å². The standard InChI is InChI=1S/C26H33FN4O4/c1-31(2)10-12-35-25-14-22(19-16-28-29-17-19)23(27)15-24(25)30-26(32)21(9-6-11-33-3)18-7-5-8-20(13-18)34-4/h5,7-8,13-17,21H,6,9-12H2,1-4H3,(H,28,29)(H,30,32). The molecule has 2 N–H and O–H groups in total. The van der Waals surface area contributed by atoms with Gasteiger partial charge in [-0.05, 0) is 50.7 Å². The van der Waals surface area contributed by atoms with E-state index in [0.717, 1.165) is 5.56 Å². The molecule has 0 fully saturated rings. The molecule has 1 atom stereocenters. The number of H-pyrrole nitrogens is 1. The summed E-state index contributed by atoms with van der Waals surface area (Å²) in [4.78, 5) is 15.5. The minimum atomic E-state index is -0.487. The van der Waals surface area contributed by atoms with E-state index in [4.69, 9.17) is 14.2 Å². The molecule has 0 bridgehead atoms. The molecule has 9 heteroatoms. The Morgan fingerprint density at radius 2 is 2.03 bits per heavy atom. The molecule has 8 nitrogen and oxygen atoms in total. The summed E-state index contributed by atoms with van der Waals surface area (Å²) in [6.45, 7) is 1.56. The molecule has 3 rings (SSSR count). The molecule has 1 amide bonds. The predicted octanol–water partition coefficient (Wildman–Crippen LogP) is 4.31. The Morgan fingerprint density at radius 3 is 2.71 bits per heavy atom. The van der Waals surface area contributed by atoms with Crippen LogP contribution >= 0.6 is 0 Å². The van der Waals surface area contributed by atoms with Gasteiger partial charge in [0.1, 0.15) is 23.9 Å². The van der Waals surface area contributed by atoms with E-state index in [1.165, 1.54) is 12.3 Å². The number of rotatable bonds is 13. The predicted molar refractivity (Wildman–Crippen MR) is 134 cm³/mol. The summed E-state index contributed by atoms with van der Waals surface area (Å²) in [7, 11) is 7.09. The highest BCUT2D eigenvalue weighted by atomic mass is 19.1. The Morgan fingerprint density at radius 1 is 1.20 bits per heavy atom. The van der Waals surface area contributed by atoms with E-state index in [2.05, 4.69) is 15.5 Å². The van der Waals surface area contributed by atoms with E-state index in [9.17, 15) is 4.79 Å². The minimum absolute atomic E-state index is 0.262. The Bertz CT molecular complexity index is 1090. The van der Waals surface area contributed by atoms with Gasteiger partial charge in [-0.2, -0.15) is 5.10 Å². The summed E-state index contributed by atoms with van der Waals surface area (Å²) >= 11 is 0. The second kappa shape index (κ2) is 12.9. The van der Waals surface area contributed by atoms with Crippen molar-refractivity contribution < 1.29 is 23.4 Å². The number of carbonyl (C=O) groups excluding carboxylic acids is 1. The zero-order chi connectivity index (χ0) is 25.2. The van der Waals surface area contributed by atoms with Gasteiger partial charge in [0.2, 0.25) is 5.91 Å². The second-order valence-electron chi connectivity index (χ2n) is 8.42. The molecular formula is C26H33FN4O4. The van der Waals surface area contributed by atoms with Crippen LogP contribution in [0.5, 0.6) is 11.5 Å². The molecule has 0 saturated carbocycles. The summed E-state index contributed by atoms with van der Waals surface area (Å²) in [6, 6.07) is 10.3. The zero-order valence-electron chi connectivity index (χ0n) is 20.6. The van der Waals surface area contributed by atoms with Crippen LogP contribution in [0, 0.1) is 5.82 Å². The molecule has 0 aliphatic rings. The van der Waals surface area contributed by atoms with Crippen molar-refractivity contribution in [2.24, 2.45) is 0 Å². The number of benzene rings is 2. The maximum absolute atomic E-state index is 15.1. The number of amides is 1. The van der Waals surface area contributed by atoms with Gasteiger partial charge in [-0.3, -0.25) is 9.89 Å². The lowest BCUT2D eigenvalue weighted by atomic mass is 9.93. The summed E-state index contributed by atoms with van der Waals surface area (Å²) in [5.74, 6) is -0.179. The van der Waals surface area contributed by atoms with Crippen molar-refractivity contribution in [2.75, 3.05) is 53.4 Å². The number of methoxy groups -OCH3 is 2. The van der Waals surface area contributed by atoms with Crippen LogP contribution in [0.3, 0.4) is 0 Å². The number of ether oxygens (including phenoxy) is 3. The number of anilines is 1. The number of halogens is 1. The number of aromatic nitrogens is 2. The molecule has 0 saturated heterocycles. The van der Waals surface area contributed by atoms with Crippen LogP contribution in [0.4, 0.5) is 10.1 Å². The quantitative estimate of drug-likeness (QED) is 0.352. The van der Waals surface area contributed by atoms with E-state index in [1.54, 1.807) is 26.5 Å². The number of carbonyl (C=O) groups is 1.